The van der Waals surface area contributed by atoms with Gasteiger partial charge in [0.05, 0.1) is 10.4 Å². The first-order valence-electron chi connectivity index (χ1n) is 10.6. The molecule has 0 amide bonds. The number of halogens is 2. The molecule has 174 valence electrons. The number of thiophene rings is 1. The number of aryl methyl sites for hydroxylation is 1. The minimum absolute atomic E-state index is 0.0914. The maximum Gasteiger partial charge on any atom is 0.253 e. The van der Waals surface area contributed by atoms with Crippen molar-refractivity contribution in [2.24, 2.45) is 0 Å². The second-order valence-corrected chi connectivity index (χ2v) is 12.1. The Labute approximate surface area is 208 Å². The molecule has 1 aliphatic heterocycles. The van der Waals surface area contributed by atoms with Gasteiger partial charge in [-0.3, -0.25) is 4.79 Å². The predicted molar refractivity (Wildman–Crippen MR) is 132 cm³/mol. The zero-order chi connectivity index (χ0) is 23.4. The van der Waals surface area contributed by atoms with Crippen molar-refractivity contribution in [2.75, 3.05) is 6.54 Å². The molecular weight excluding hydrogens is 501 g/mol. The number of carbonyl (C=O) groups is 1. The molecule has 0 saturated carbocycles. The van der Waals surface area contributed by atoms with Gasteiger partial charge in [0.15, 0.2) is 5.78 Å². The Morgan fingerprint density at radius 3 is 2.58 bits per heavy atom. The third-order valence-electron chi connectivity index (χ3n) is 5.59. The highest BCUT2D eigenvalue weighted by Crippen LogP contribution is 2.33. The van der Waals surface area contributed by atoms with Crippen LogP contribution in [-0.4, -0.2) is 31.1 Å². The van der Waals surface area contributed by atoms with E-state index in [1.54, 1.807) is 6.07 Å². The first kappa shape index (κ1) is 24.2. The third kappa shape index (κ3) is 5.78. The first-order chi connectivity index (χ1) is 15.8. The van der Waals surface area contributed by atoms with Crippen LogP contribution in [-0.2, 0) is 27.8 Å². The van der Waals surface area contributed by atoms with Gasteiger partial charge in [0.25, 0.3) is 10.0 Å². The van der Waals surface area contributed by atoms with Crippen LogP contribution in [0.25, 0.3) is 0 Å². The van der Waals surface area contributed by atoms with Crippen molar-refractivity contribution in [3.05, 3.63) is 81.1 Å². The standard InChI is InChI=1S/C24H23Cl2NO4S2/c25-20-15-17(16-31-19-5-2-1-3-6-19)8-9-18(20)10-11-22(28)21-7-4-14-27(21)33(29,30)24-13-12-23(26)32-24/h1-3,5-6,8-9,12-13,15,21H,4,7,10-11,14,16H2/t21-/m0/s1. The molecule has 0 N–H and O–H groups in total. The third-order valence-corrected chi connectivity index (χ3v) is 9.55. The number of ketones is 1. The Morgan fingerprint density at radius 1 is 1.09 bits per heavy atom. The Bertz CT molecular complexity index is 1230. The zero-order valence-corrected chi connectivity index (χ0v) is 20.9. The number of hydrogen-bond donors (Lipinski definition) is 0. The van der Waals surface area contributed by atoms with E-state index >= 15 is 0 Å². The molecule has 0 radical (unpaired) electrons. The van der Waals surface area contributed by atoms with Crippen molar-refractivity contribution >= 4 is 50.3 Å². The average Bonchev–Trinajstić information content (AvgIpc) is 3.48. The molecule has 1 aromatic heterocycles. The number of rotatable bonds is 9. The molecule has 2 aromatic carbocycles. The summed E-state index contributed by atoms with van der Waals surface area (Å²) in [5.41, 5.74) is 1.78. The van der Waals surface area contributed by atoms with E-state index in [4.69, 9.17) is 27.9 Å². The Hall–Kier alpha value is -1.90. The summed E-state index contributed by atoms with van der Waals surface area (Å²) in [5.74, 6) is 0.690. The molecule has 5 nitrogen and oxygen atoms in total. The number of nitrogens with zero attached hydrogens (tertiary/aromatic N) is 1. The fraction of sp³-hybridized carbons (Fsp3) is 0.292. The second-order valence-electron chi connectivity index (χ2n) is 7.83. The van der Waals surface area contributed by atoms with E-state index in [2.05, 4.69) is 0 Å². The number of carbonyl (C=O) groups excluding carboxylic acids is 1. The summed E-state index contributed by atoms with van der Waals surface area (Å²) >= 11 is 13.4. The van der Waals surface area contributed by atoms with Gasteiger partial charge in [-0.25, -0.2) is 8.42 Å². The van der Waals surface area contributed by atoms with Crippen LogP contribution in [0.3, 0.4) is 0 Å². The topological polar surface area (TPSA) is 63.7 Å². The number of Topliss-reactive ketones (excluding diaryl/α,β-unsaturated/α-hetero) is 1. The number of ether oxygens (including phenoxy) is 1. The first-order valence-corrected chi connectivity index (χ1v) is 13.6. The molecule has 0 unspecified atom stereocenters. The van der Waals surface area contributed by atoms with Gasteiger partial charge in [-0.05, 0) is 60.7 Å². The van der Waals surface area contributed by atoms with E-state index in [1.165, 1.54) is 10.4 Å². The van der Waals surface area contributed by atoms with Crippen LogP contribution < -0.4 is 4.74 Å². The lowest BCUT2D eigenvalue weighted by Crippen LogP contribution is -2.40. The van der Waals surface area contributed by atoms with E-state index in [0.29, 0.717) is 41.8 Å². The van der Waals surface area contributed by atoms with Crippen molar-refractivity contribution in [3.63, 3.8) is 0 Å². The maximum atomic E-state index is 13.0. The molecule has 4 rings (SSSR count). The van der Waals surface area contributed by atoms with Crippen LogP contribution in [0.2, 0.25) is 9.36 Å². The lowest BCUT2D eigenvalue weighted by Gasteiger charge is -2.22. The maximum absolute atomic E-state index is 13.0. The van der Waals surface area contributed by atoms with E-state index in [9.17, 15) is 13.2 Å². The van der Waals surface area contributed by atoms with Crippen LogP contribution >= 0.6 is 34.5 Å². The SMILES string of the molecule is O=C(CCc1ccc(COc2ccccc2)cc1Cl)[C@@H]1CCCN1S(=O)(=O)c1ccc(Cl)s1. The van der Waals surface area contributed by atoms with Crippen molar-refractivity contribution < 1.29 is 17.9 Å². The highest BCUT2D eigenvalue weighted by molar-refractivity contribution is 7.91. The van der Waals surface area contributed by atoms with Gasteiger partial charge in [-0.15, -0.1) is 11.3 Å². The second kappa shape index (κ2) is 10.6. The van der Waals surface area contributed by atoms with Crippen LogP contribution in [0.4, 0.5) is 0 Å². The van der Waals surface area contributed by atoms with Crippen molar-refractivity contribution in [1.29, 1.82) is 0 Å². The molecule has 3 aromatic rings. The van der Waals surface area contributed by atoms with E-state index in [0.717, 1.165) is 28.2 Å². The molecule has 1 aliphatic rings. The Balaban J connectivity index is 1.37. The summed E-state index contributed by atoms with van der Waals surface area (Å²) in [6.07, 6.45) is 1.86. The lowest BCUT2D eigenvalue weighted by atomic mass is 10.0. The summed E-state index contributed by atoms with van der Waals surface area (Å²) in [5, 5.41) is 0.570. The molecular formula is C24H23Cl2NO4S2. The van der Waals surface area contributed by atoms with Gasteiger partial charge in [-0.1, -0.05) is 53.5 Å². The minimum Gasteiger partial charge on any atom is -0.489 e. The summed E-state index contributed by atoms with van der Waals surface area (Å²) in [4.78, 5) is 13.0. The minimum atomic E-state index is -3.73. The monoisotopic (exact) mass is 523 g/mol. The van der Waals surface area contributed by atoms with Gasteiger partial charge >= 0.3 is 0 Å². The Morgan fingerprint density at radius 2 is 1.88 bits per heavy atom. The normalized spacial score (nSPS) is 16.7. The molecule has 1 atom stereocenters. The van der Waals surface area contributed by atoms with Crippen LogP contribution in [0.15, 0.2) is 64.9 Å². The molecule has 1 saturated heterocycles. The zero-order valence-electron chi connectivity index (χ0n) is 17.7. The molecule has 33 heavy (non-hydrogen) atoms. The van der Waals surface area contributed by atoms with Crippen LogP contribution in [0.1, 0.15) is 30.4 Å². The van der Waals surface area contributed by atoms with Crippen LogP contribution in [0, 0.1) is 0 Å². The highest BCUT2D eigenvalue weighted by Gasteiger charge is 2.39. The number of para-hydroxylation sites is 1. The number of sulfonamides is 1. The predicted octanol–water partition coefficient (Wildman–Crippen LogP) is 5.99. The smallest absolute Gasteiger partial charge is 0.253 e. The molecule has 1 fully saturated rings. The molecule has 0 spiro atoms. The van der Waals surface area contributed by atoms with E-state index < -0.39 is 16.1 Å². The van der Waals surface area contributed by atoms with Crippen molar-refractivity contribution in [3.8, 4) is 5.75 Å². The summed E-state index contributed by atoms with van der Waals surface area (Å²) in [6, 6.07) is 17.6. The summed E-state index contributed by atoms with van der Waals surface area (Å²) in [7, 11) is -3.73. The van der Waals surface area contributed by atoms with E-state index in [1.807, 2.05) is 48.5 Å². The fourth-order valence-electron chi connectivity index (χ4n) is 3.89. The van der Waals surface area contributed by atoms with Crippen molar-refractivity contribution in [1.82, 2.24) is 4.31 Å². The van der Waals surface area contributed by atoms with Gasteiger partial charge < -0.3 is 4.74 Å². The van der Waals surface area contributed by atoms with Gasteiger partial charge in [0.1, 0.15) is 16.6 Å². The highest BCUT2D eigenvalue weighted by atomic mass is 35.5. The number of benzene rings is 2. The Kier molecular flexibility index (Phi) is 7.76. The van der Waals surface area contributed by atoms with Gasteiger partial charge in [0.2, 0.25) is 0 Å². The number of hydrogen-bond acceptors (Lipinski definition) is 5. The largest absolute Gasteiger partial charge is 0.489 e. The van der Waals surface area contributed by atoms with Gasteiger partial charge in [0, 0.05) is 18.0 Å². The van der Waals surface area contributed by atoms with Crippen LogP contribution in [0.5, 0.6) is 5.75 Å². The molecule has 9 heteroatoms. The average molecular weight is 524 g/mol. The summed E-state index contributed by atoms with van der Waals surface area (Å²) in [6.45, 7) is 0.732. The fourth-order valence-corrected chi connectivity index (χ4v) is 7.48. The van der Waals surface area contributed by atoms with Gasteiger partial charge in [-0.2, -0.15) is 4.31 Å². The van der Waals surface area contributed by atoms with Crippen molar-refractivity contribution in [2.45, 2.75) is 42.5 Å². The molecule has 0 bridgehead atoms. The quantitative estimate of drug-likeness (QED) is 0.345. The van der Waals surface area contributed by atoms with E-state index in [-0.39, 0.29) is 16.4 Å². The molecule has 0 aliphatic carbocycles. The summed E-state index contributed by atoms with van der Waals surface area (Å²) < 4.78 is 33.6. The molecule has 2 heterocycles. The lowest BCUT2D eigenvalue weighted by molar-refractivity contribution is -0.122.